The Kier molecular flexibility index (Phi) is 4.27. The van der Waals surface area contributed by atoms with Crippen molar-refractivity contribution in [3.63, 3.8) is 0 Å². The van der Waals surface area contributed by atoms with Crippen LogP contribution in [0, 0.1) is 11.3 Å². The van der Waals surface area contributed by atoms with Crippen molar-refractivity contribution in [2.24, 2.45) is 0 Å². The van der Waals surface area contributed by atoms with Crippen LogP contribution in [0.3, 0.4) is 0 Å². The van der Waals surface area contributed by atoms with Crippen molar-refractivity contribution in [1.29, 1.82) is 5.26 Å². The van der Waals surface area contributed by atoms with E-state index in [2.05, 4.69) is 16.4 Å². The van der Waals surface area contributed by atoms with Crippen LogP contribution in [0.15, 0.2) is 36.5 Å². The minimum atomic E-state index is -0.895. The Bertz CT molecular complexity index is 992. The van der Waals surface area contributed by atoms with E-state index in [1.807, 2.05) is 13.0 Å². The molecule has 3 amide bonds. The van der Waals surface area contributed by atoms with Gasteiger partial charge in [-0.05, 0) is 61.9 Å². The van der Waals surface area contributed by atoms with Crippen LogP contribution in [0.2, 0.25) is 0 Å². The molecule has 2 aromatic rings. The Balaban J connectivity index is 1.56. The van der Waals surface area contributed by atoms with Crippen molar-refractivity contribution in [2.45, 2.75) is 44.6 Å². The summed E-state index contributed by atoms with van der Waals surface area (Å²) in [5.41, 5.74) is 1.12. The molecule has 0 bridgehead atoms. The number of anilines is 1. The lowest BCUT2D eigenvalue weighted by Gasteiger charge is -2.19. The third-order valence-corrected chi connectivity index (χ3v) is 5.32. The number of urea groups is 1. The average molecular weight is 376 g/mol. The third kappa shape index (κ3) is 3.07. The Labute approximate surface area is 162 Å². The second-order valence-corrected chi connectivity index (χ2v) is 7.35. The normalized spacial score (nSPS) is 21.4. The minimum Gasteiger partial charge on any atom is -0.439 e. The highest BCUT2D eigenvalue weighted by molar-refractivity contribution is 6.23. The topological polar surface area (TPSA) is 95.3 Å². The SMILES string of the molecule is CC[C@@]1(C)NC(=O)N(c2ccc(Oc3ccc(C#N)cc3C3CC3)nc2)C1=O. The maximum absolute atomic E-state index is 12.6. The number of hydrogen-bond acceptors (Lipinski definition) is 5. The van der Waals surface area contributed by atoms with Crippen molar-refractivity contribution in [2.75, 3.05) is 4.90 Å². The minimum absolute atomic E-state index is 0.293. The van der Waals surface area contributed by atoms with Crippen molar-refractivity contribution in [3.05, 3.63) is 47.7 Å². The van der Waals surface area contributed by atoms with E-state index in [1.165, 1.54) is 6.20 Å². The first-order valence-corrected chi connectivity index (χ1v) is 9.30. The lowest BCUT2D eigenvalue weighted by molar-refractivity contribution is -0.121. The Morgan fingerprint density at radius 3 is 2.68 bits per heavy atom. The monoisotopic (exact) mass is 376 g/mol. The third-order valence-electron chi connectivity index (χ3n) is 5.32. The van der Waals surface area contributed by atoms with Crippen LogP contribution in [0.5, 0.6) is 11.6 Å². The maximum Gasteiger partial charge on any atom is 0.329 e. The van der Waals surface area contributed by atoms with Crippen molar-refractivity contribution in [3.8, 4) is 17.7 Å². The molecule has 1 saturated carbocycles. The Morgan fingerprint density at radius 1 is 1.32 bits per heavy atom. The van der Waals surface area contributed by atoms with Gasteiger partial charge < -0.3 is 10.1 Å². The molecule has 0 unspecified atom stereocenters. The van der Waals surface area contributed by atoms with Gasteiger partial charge in [0.1, 0.15) is 11.3 Å². The van der Waals surface area contributed by atoms with E-state index in [4.69, 9.17) is 10.00 Å². The fourth-order valence-corrected chi connectivity index (χ4v) is 3.26. The molecule has 0 spiro atoms. The lowest BCUT2D eigenvalue weighted by Crippen LogP contribution is -2.43. The summed E-state index contributed by atoms with van der Waals surface area (Å²) in [6, 6.07) is 10.3. The fraction of sp³-hybridized carbons (Fsp3) is 0.333. The van der Waals surface area contributed by atoms with E-state index in [0.29, 0.717) is 35.2 Å². The molecule has 1 atom stereocenters. The van der Waals surface area contributed by atoms with Crippen LogP contribution in [0.1, 0.15) is 50.2 Å². The number of carbonyl (C=O) groups is 2. The zero-order chi connectivity index (χ0) is 19.9. The van der Waals surface area contributed by atoms with Crippen LogP contribution < -0.4 is 15.0 Å². The predicted octanol–water partition coefficient (Wildman–Crippen LogP) is 3.85. The number of pyridine rings is 1. The predicted molar refractivity (Wildman–Crippen MR) is 102 cm³/mol. The van der Waals surface area contributed by atoms with E-state index < -0.39 is 11.6 Å². The summed E-state index contributed by atoms with van der Waals surface area (Å²) in [7, 11) is 0. The molecule has 1 saturated heterocycles. The first-order valence-electron chi connectivity index (χ1n) is 9.30. The first-order chi connectivity index (χ1) is 13.4. The summed E-state index contributed by atoms with van der Waals surface area (Å²) in [5.74, 6) is 1.16. The number of nitrogens with one attached hydrogen (secondary N) is 1. The van der Waals surface area contributed by atoms with Gasteiger partial charge in [0.05, 0.1) is 23.5 Å². The molecule has 1 aliphatic carbocycles. The first kappa shape index (κ1) is 18.0. The second-order valence-electron chi connectivity index (χ2n) is 7.35. The number of amides is 3. The fourth-order valence-electron chi connectivity index (χ4n) is 3.26. The summed E-state index contributed by atoms with van der Waals surface area (Å²) < 4.78 is 5.92. The second kappa shape index (κ2) is 6.64. The summed E-state index contributed by atoms with van der Waals surface area (Å²) in [5, 5.41) is 11.8. The average Bonchev–Trinajstić information content (AvgIpc) is 3.51. The van der Waals surface area contributed by atoms with Crippen molar-refractivity contribution < 1.29 is 14.3 Å². The molecule has 1 aliphatic heterocycles. The number of nitrogens with zero attached hydrogens (tertiary/aromatic N) is 3. The van der Waals surface area contributed by atoms with Gasteiger partial charge in [-0.1, -0.05) is 6.92 Å². The molecule has 1 aromatic carbocycles. The largest absolute Gasteiger partial charge is 0.439 e. The summed E-state index contributed by atoms with van der Waals surface area (Å²) in [4.78, 5) is 30.2. The van der Waals surface area contributed by atoms with E-state index in [9.17, 15) is 9.59 Å². The smallest absolute Gasteiger partial charge is 0.329 e. The van der Waals surface area contributed by atoms with Gasteiger partial charge in [-0.15, -0.1) is 0 Å². The van der Waals surface area contributed by atoms with Gasteiger partial charge in [0.2, 0.25) is 5.88 Å². The quantitative estimate of drug-likeness (QED) is 0.800. The molecule has 7 nitrogen and oxygen atoms in total. The van der Waals surface area contributed by atoms with E-state index in [-0.39, 0.29) is 5.91 Å². The van der Waals surface area contributed by atoms with Gasteiger partial charge in [0.25, 0.3) is 5.91 Å². The molecule has 0 radical (unpaired) electrons. The van der Waals surface area contributed by atoms with Crippen LogP contribution in [-0.2, 0) is 4.79 Å². The van der Waals surface area contributed by atoms with Crippen LogP contribution in [0.4, 0.5) is 10.5 Å². The molecule has 2 fully saturated rings. The summed E-state index contributed by atoms with van der Waals surface area (Å²) in [6.45, 7) is 3.56. The number of imide groups is 1. The zero-order valence-electron chi connectivity index (χ0n) is 15.7. The summed E-state index contributed by atoms with van der Waals surface area (Å²) >= 11 is 0. The summed E-state index contributed by atoms with van der Waals surface area (Å²) in [6.07, 6.45) is 4.12. The number of benzene rings is 1. The lowest BCUT2D eigenvalue weighted by atomic mass is 9.99. The highest BCUT2D eigenvalue weighted by Gasteiger charge is 2.47. The van der Waals surface area contributed by atoms with Gasteiger partial charge in [-0.2, -0.15) is 5.26 Å². The maximum atomic E-state index is 12.6. The van der Waals surface area contributed by atoms with Crippen LogP contribution in [-0.4, -0.2) is 22.5 Å². The van der Waals surface area contributed by atoms with E-state index >= 15 is 0 Å². The Morgan fingerprint density at radius 2 is 2.11 bits per heavy atom. The number of rotatable bonds is 5. The van der Waals surface area contributed by atoms with Crippen LogP contribution in [0.25, 0.3) is 0 Å². The van der Waals surface area contributed by atoms with Gasteiger partial charge in [-0.25, -0.2) is 14.7 Å². The van der Waals surface area contributed by atoms with E-state index in [1.54, 1.807) is 31.2 Å². The van der Waals surface area contributed by atoms with Gasteiger partial charge in [-0.3, -0.25) is 4.79 Å². The molecule has 1 aromatic heterocycles. The van der Waals surface area contributed by atoms with Crippen molar-refractivity contribution in [1.82, 2.24) is 10.3 Å². The molecule has 2 heterocycles. The molecular weight excluding hydrogens is 356 g/mol. The molecule has 142 valence electrons. The van der Waals surface area contributed by atoms with Crippen molar-refractivity contribution >= 4 is 17.6 Å². The number of carbonyl (C=O) groups excluding carboxylic acids is 2. The molecular formula is C21H20N4O3. The molecule has 7 heteroatoms. The molecule has 1 N–H and O–H groups in total. The highest BCUT2D eigenvalue weighted by atomic mass is 16.5. The molecule has 4 rings (SSSR count). The number of ether oxygens (including phenoxy) is 1. The van der Waals surface area contributed by atoms with Gasteiger partial charge in [0, 0.05) is 6.07 Å². The van der Waals surface area contributed by atoms with Gasteiger partial charge >= 0.3 is 6.03 Å². The zero-order valence-corrected chi connectivity index (χ0v) is 15.7. The standard InChI is InChI=1S/C21H20N4O3/c1-3-21(2)19(26)25(20(27)24-21)15-7-9-18(23-12-15)28-17-8-4-13(11-22)10-16(17)14-5-6-14/h4,7-10,12,14H,3,5-6H2,1-2H3,(H,24,27)/t21-/m1/s1. The Hall–Kier alpha value is -3.40. The molecule has 28 heavy (non-hydrogen) atoms. The van der Waals surface area contributed by atoms with E-state index in [0.717, 1.165) is 23.3 Å². The van der Waals surface area contributed by atoms with Crippen LogP contribution >= 0.6 is 0 Å². The number of aromatic nitrogens is 1. The number of hydrogen-bond donors (Lipinski definition) is 1. The molecule has 2 aliphatic rings. The number of nitriles is 1. The van der Waals surface area contributed by atoms with Gasteiger partial charge in [0.15, 0.2) is 0 Å². The highest BCUT2D eigenvalue weighted by Crippen LogP contribution is 2.45.